The highest BCUT2D eigenvalue weighted by molar-refractivity contribution is 6.39. The van der Waals surface area contributed by atoms with Gasteiger partial charge in [0.2, 0.25) is 5.91 Å². The number of benzene rings is 1. The fraction of sp³-hybridized carbons (Fsp3) is 0.500. The van der Waals surface area contributed by atoms with E-state index in [1.165, 1.54) is 0 Å². The molecule has 110 valence electrons. The lowest BCUT2D eigenvalue weighted by Gasteiger charge is -2.11. The van der Waals surface area contributed by atoms with Gasteiger partial charge in [0.25, 0.3) is 0 Å². The van der Waals surface area contributed by atoms with E-state index in [9.17, 15) is 4.79 Å². The molecule has 4 nitrogen and oxygen atoms in total. The molecule has 1 aliphatic rings. The van der Waals surface area contributed by atoms with Gasteiger partial charge in [-0.25, -0.2) is 0 Å². The average molecular weight is 317 g/mol. The zero-order valence-corrected chi connectivity index (χ0v) is 12.6. The Bertz CT molecular complexity index is 442. The number of nitrogens with one attached hydrogen (secondary N) is 2. The number of hydrogen-bond donors (Lipinski definition) is 2. The van der Waals surface area contributed by atoms with Gasteiger partial charge in [-0.2, -0.15) is 0 Å². The van der Waals surface area contributed by atoms with Gasteiger partial charge in [0.05, 0.1) is 22.3 Å². The smallest absolute Gasteiger partial charge is 0.238 e. The van der Waals surface area contributed by atoms with Gasteiger partial charge in [0.15, 0.2) is 0 Å². The van der Waals surface area contributed by atoms with Crippen molar-refractivity contribution in [1.82, 2.24) is 5.32 Å². The highest BCUT2D eigenvalue weighted by atomic mass is 35.5. The predicted octanol–water partition coefficient (Wildman–Crippen LogP) is 2.95. The van der Waals surface area contributed by atoms with Crippen LogP contribution in [0.2, 0.25) is 10.0 Å². The van der Waals surface area contributed by atoms with Crippen LogP contribution in [0.15, 0.2) is 18.2 Å². The van der Waals surface area contributed by atoms with Crippen LogP contribution >= 0.6 is 23.2 Å². The molecule has 2 rings (SSSR count). The minimum absolute atomic E-state index is 0.150. The first-order valence-electron chi connectivity index (χ1n) is 6.69. The molecule has 0 spiro atoms. The molecule has 1 aromatic rings. The molecule has 1 atom stereocenters. The van der Waals surface area contributed by atoms with Crippen LogP contribution in [0.25, 0.3) is 0 Å². The van der Waals surface area contributed by atoms with Crippen molar-refractivity contribution in [1.29, 1.82) is 0 Å². The summed E-state index contributed by atoms with van der Waals surface area (Å²) >= 11 is 12.0. The predicted molar refractivity (Wildman–Crippen MR) is 81.5 cm³/mol. The third kappa shape index (κ3) is 4.63. The van der Waals surface area contributed by atoms with Crippen molar-refractivity contribution >= 4 is 34.8 Å². The summed E-state index contributed by atoms with van der Waals surface area (Å²) in [5.74, 6) is 0.464. The van der Waals surface area contributed by atoms with Crippen LogP contribution in [-0.2, 0) is 9.53 Å². The fourth-order valence-electron chi connectivity index (χ4n) is 2.12. The van der Waals surface area contributed by atoms with Crippen molar-refractivity contribution in [3.63, 3.8) is 0 Å². The molecular formula is C14H18Cl2N2O2. The van der Waals surface area contributed by atoms with Gasteiger partial charge in [0.1, 0.15) is 0 Å². The molecule has 20 heavy (non-hydrogen) atoms. The quantitative estimate of drug-likeness (QED) is 0.793. The Morgan fingerprint density at radius 3 is 2.75 bits per heavy atom. The maximum atomic E-state index is 11.8. The fourth-order valence-corrected chi connectivity index (χ4v) is 2.61. The monoisotopic (exact) mass is 316 g/mol. The minimum atomic E-state index is -0.150. The van der Waals surface area contributed by atoms with E-state index >= 15 is 0 Å². The summed E-state index contributed by atoms with van der Waals surface area (Å²) in [6, 6.07) is 5.12. The highest BCUT2D eigenvalue weighted by Gasteiger charge is 2.15. The van der Waals surface area contributed by atoms with E-state index in [2.05, 4.69) is 10.6 Å². The summed E-state index contributed by atoms with van der Waals surface area (Å²) < 4.78 is 5.30. The number of anilines is 1. The van der Waals surface area contributed by atoms with Crippen LogP contribution in [0.5, 0.6) is 0 Å². The summed E-state index contributed by atoms with van der Waals surface area (Å²) in [5.41, 5.74) is 0.465. The third-order valence-corrected chi connectivity index (χ3v) is 3.90. The van der Waals surface area contributed by atoms with E-state index in [0.717, 1.165) is 32.6 Å². The van der Waals surface area contributed by atoms with E-state index in [1.807, 2.05) is 0 Å². The largest absolute Gasteiger partial charge is 0.381 e. The first kappa shape index (κ1) is 15.6. The van der Waals surface area contributed by atoms with Crippen molar-refractivity contribution < 1.29 is 9.53 Å². The topological polar surface area (TPSA) is 50.4 Å². The number of amides is 1. The van der Waals surface area contributed by atoms with E-state index in [1.54, 1.807) is 18.2 Å². The maximum absolute atomic E-state index is 11.8. The molecule has 0 aliphatic carbocycles. The lowest BCUT2D eigenvalue weighted by molar-refractivity contribution is -0.115. The van der Waals surface area contributed by atoms with Crippen LogP contribution in [0, 0.1) is 5.92 Å². The Morgan fingerprint density at radius 2 is 2.10 bits per heavy atom. The number of hydrogen-bond acceptors (Lipinski definition) is 3. The second kappa shape index (κ2) is 7.84. The number of rotatable bonds is 6. The van der Waals surface area contributed by atoms with Crippen molar-refractivity contribution in [2.45, 2.75) is 12.8 Å². The van der Waals surface area contributed by atoms with Crippen LogP contribution in [0.1, 0.15) is 12.8 Å². The Morgan fingerprint density at radius 1 is 1.35 bits per heavy atom. The SMILES string of the molecule is O=C(CNCCC1CCOC1)Nc1c(Cl)cccc1Cl. The van der Waals surface area contributed by atoms with E-state index < -0.39 is 0 Å². The maximum Gasteiger partial charge on any atom is 0.238 e. The van der Waals surface area contributed by atoms with Gasteiger partial charge < -0.3 is 15.4 Å². The standard InChI is InChI=1S/C14H18Cl2N2O2/c15-11-2-1-3-12(16)14(11)18-13(19)8-17-6-4-10-5-7-20-9-10/h1-3,10,17H,4-9H2,(H,18,19). The molecule has 0 aromatic heterocycles. The zero-order chi connectivity index (χ0) is 14.4. The van der Waals surface area contributed by atoms with Gasteiger partial charge in [0, 0.05) is 13.2 Å². The summed E-state index contributed by atoms with van der Waals surface area (Å²) in [7, 11) is 0. The van der Waals surface area contributed by atoms with Gasteiger partial charge in [-0.15, -0.1) is 0 Å². The molecule has 0 radical (unpaired) electrons. The molecule has 1 heterocycles. The first-order valence-corrected chi connectivity index (χ1v) is 7.44. The van der Waals surface area contributed by atoms with Gasteiger partial charge >= 0.3 is 0 Å². The van der Waals surface area contributed by atoms with Crippen LogP contribution < -0.4 is 10.6 Å². The first-order chi connectivity index (χ1) is 9.66. The molecule has 1 amide bonds. The minimum Gasteiger partial charge on any atom is -0.381 e. The van der Waals surface area contributed by atoms with Gasteiger partial charge in [-0.1, -0.05) is 29.3 Å². The molecule has 1 aromatic carbocycles. The van der Waals surface area contributed by atoms with E-state index in [0.29, 0.717) is 21.7 Å². The third-order valence-electron chi connectivity index (χ3n) is 3.27. The van der Waals surface area contributed by atoms with E-state index in [4.69, 9.17) is 27.9 Å². The van der Waals surface area contributed by atoms with Crippen molar-refractivity contribution in [3.8, 4) is 0 Å². The Hall–Kier alpha value is -0.810. The Kier molecular flexibility index (Phi) is 6.10. The molecule has 1 fully saturated rings. The van der Waals surface area contributed by atoms with Crippen LogP contribution in [0.3, 0.4) is 0 Å². The summed E-state index contributed by atoms with van der Waals surface area (Å²) in [5, 5.41) is 6.71. The normalized spacial score (nSPS) is 18.2. The van der Waals surface area contributed by atoms with Crippen molar-refractivity contribution in [2.75, 3.05) is 31.6 Å². The lowest BCUT2D eigenvalue weighted by atomic mass is 10.1. The number of carbonyl (C=O) groups is 1. The second-order valence-corrected chi connectivity index (χ2v) is 5.65. The summed E-state index contributed by atoms with van der Waals surface area (Å²) in [6.07, 6.45) is 2.14. The molecule has 6 heteroatoms. The van der Waals surface area contributed by atoms with Crippen LogP contribution in [-0.4, -0.2) is 32.2 Å². The number of carbonyl (C=O) groups excluding carboxylic acids is 1. The lowest BCUT2D eigenvalue weighted by Crippen LogP contribution is -2.29. The molecule has 1 unspecified atom stereocenters. The molecule has 2 N–H and O–H groups in total. The molecule has 0 bridgehead atoms. The van der Waals surface area contributed by atoms with Gasteiger partial charge in [-0.3, -0.25) is 4.79 Å². The van der Waals surface area contributed by atoms with Crippen molar-refractivity contribution in [2.24, 2.45) is 5.92 Å². The van der Waals surface area contributed by atoms with Crippen molar-refractivity contribution in [3.05, 3.63) is 28.2 Å². The molecular weight excluding hydrogens is 299 g/mol. The Labute approximate surface area is 128 Å². The van der Waals surface area contributed by atoms with Crippen LogP contribution in [0.4, 0.5) is 5.69 Å². The number of ether oxygens (including phenoxy) is 1. The average Bonchev–Trinajstić information content (AvgIpc) is 2.92. The number of halogens is 2. The number of para-hydroxylation sites is 1. The summed E-state index contributed by atoms with van der Waals surface area (Å²) in [4.78, 5) is 11.8. The second-order valence-electron chi connectivity index (χ2n) is 4.84. The Balaban J connectivity index is 1.69. The molecule has 0 saturated carbocycles. The van der Waals surface area contributed by atoms with Gasteiger partial charge in [-0.05, 0) is 37.4 Å². The highest BCUT2D eigenvalue weighted by Crippen LogP contribution is 2.29. The summed E-state index contributed by atoms with van der Waals surface area (Å²) in [6.45, 7) is 2.74. The molecule has 1 saturated heterocycles. The molecule has 1 aliphatic heterocycles. The van der Waals surface area contributed by atoms with E-state index in [-0.39, 0.29) is 12.5 Å². The zero-order valence-electron chi connectivity index (χ0n) is 11.1.